The fourth-order valence-electron chi connectivity index (χ4n) is 0.630. The van der Waals surface area contributed by atoms with Crippen molar-refractivity contribution < 1.29 is 30.7 Å². The van der Waals surface area contributed by atoms with Gasteiger partial charge in [0.25, 0.3) is 0 Å². The van der Waals surface area contributed by atoms with Crippen LogP contribution in [0.3, 0.4) is 0 Å². The van der Waals surface area contributed by atoms with Crippen molar-refractivity contribution in [2.75, 3.05) is 0 Å². The molecule has 0 saturated carbocycles. The van der Waals surface area contributed by atoms with Crippen molar-refractivity contribution in [3.8, 4) is 0 Å². The van der Waals surface area contributed by atoms with E-state index in [2.05, 4.69) is 23.2 Å². The van der Waals surface area contributed by atoms with Crippen LogP contribution in [-0.4, -0.2) is 23.4 Å². The van der Waals surface area contributed by atoms with Gasteiger partial charge in [0.15, 0.2) is 0 Å². The maximum Gasteiger partial charge on any atom is 0.358 e. The number of allylic oxidation sites excluding steroid dienone is 1. The van der Waals surface area contributed by atoms with Gasteiger partial charge in [0.05, 0.1) is 0 Å². The lowest BCUT2D eigenvalue weighted by Gasteiger charge is -2.30. The van der Waals surface area contributed by atoms with E-state index < -0.39 is 32.9 Å². The van der Waals surface area contributed by atoms with Crippen molar-refractivity contribution in [2.45, 2.75) is 23.4 Å². The summed E-state index contributed by atoms with van der Waals surface area (Å²) >= 11 is 17.9. The van der Waals surface area contributed by atoms with E-state index in [0.717, 1.165) is 0 Å². The molecule has 0 spiro atoms. The Morgan fingerprint density at radius 1 is 0.882 bits per heavy atom. The van der Waals surface area contributed by atoms with E-state index in [-0.39, 0.29) is 0 Å². The molecule has 0 aliphatic heterocycles. The molecule has 0 N–H and O–H groups in total. The van der Waals surface area contributed by atoms with E-state index in [4.69, 9.17) is 23.2 Å². The number of hydrogen-bond acceptors (Lipinski definition) is 0. The van der Waals surface area contributed by atoms with E-state index in [1.54, 1.807) is 0 Å². The lowest BCUT2D eigenvalue weighted by atomic mass is 10.1. The van der Waals surface area contributed by atoms with Crippen LogP contribution in [0.2, 0.25) is 0 Å². The van der Waals surface area contributed by atoms with Crippen LogP contribution in [0.4, 0.5) is 30.7 Å². The Kier molecular flexibility index (Phi) is 5.31. The van der Waals surface area contributed by atoms with Crippen LogP contribution in [0.1, 0.15) is 0 Å². The highest BCUT2D eigenvalue weighted by molar-refractivity contribution is 6.59. The van der Waals surface area contributed by atoms with Crippen LogP contribution in [-0.2, 0) is 0 Å². The molecule has 0 aromatic carbocycles. The molecule has 0 aliphatic carbocycles. The van der Waals surface area contributed by atoms with Crippen LogP contribution in [0, 0.1) is 0 Å². The molecule has 0 radical (unpaired) electrons. The quantitative estimate of drug-likeness (QED) is 0.477. The van der Waals surface area contributed by atoms with E-state index in [0.29, 0.717) is 0 Å². The van der Waals surface area contributed by atoms with Crippen molar-refractivity contribution in [3.05, 3.63) is 9.52 Å². The Labute approximate surface area is 110 Å². The lowest BCUT2D eigenvalue weighted by molar-refractivity contribution is -0.244. The molecule has 0 aliphatic rings. The zero-order chi connectivity index (χ0) is 14.2. The highest BCUT2D eigenvalue weighted by atomic mass is 35.5. The second-order valence-corrected chi connectivity index (χ2v) is 4.51. The van der Waals surface area contributed by atoms with Gasteiger partial charge in [-0.05, 0) is 11.6 Å². The third kappa shape index (κ3) is 3.45. The SMILES string of the molecule is FC(C(F)(F)Cl)C(F)(F)C(F)(F)C(Cl)=C(Cl)Cl. The third-order valence-electron chi connectivity index (χ3n) is 1.47. The standard InChI is InChI=1S/C6HCl4F7/c7-1(2(8)9)4(12,13)5(14,15)3(11)6(10,16)17/h3H. The topological polar surface area (TPSA) is 0 Å². The number of alkyl halides is 8. The van der Waals surface area contributed by atoms with E-state index in [1.165, 1.54) is 0 Å². The predicted octanol–water partition coefficient (Wildman–Crippen LogP) is 5.31. The van der Waals surface area contributed by atoms with Gasteiger partial charge in [-0.2, -0.15) is 26.3 Å². The Bertz CT molecular complexity index is 317. The van der Waals surface area contributed by atoms with Crippen LogP contribution in [0.25, 0.3) is 0 Å². The van der Waals surface area contributed by atoms with Crippen molar-refractivity contribution in [3.63, 3.8) is 0 Å². The first-order valence-electron chi connectivity index (χ1n) is 3.44. The van der Waals surface area contributed by atoms with Gasteiger partial charge >= 0.3 is 17.2 Å². The molecule has 0 bridgehead atoms. The molecule has 0 saturated heterocycles. The summed E-state index contributed by atoms with van der Waals surface area (Å²) in [7, 11) is 0. The van der Waals surface area contributed by atoms with Crippen molar-refractivity contribution in [1.82, 2.24) is 0 Å². The van der Waals surface area contributed by atoms with E-state index in [1.807, 2.05) is 0 Å². The number of halogens is 11. The second kappa shape index (κ2) is 5.19. The summed E-state index contributed by atoms with van der Waals surface area (Å²) in [4.78, 5) is 0. The molecule has 102 valence electrons. The summed E-state index contributed by atoms with van der Waals surface area (Å²) in [5.74, 6) is -11.4. The third-order valence-corrected chi connectivity index (χ3v) is 2.66. The van der Waals surface area contributed by atoms with Crippen molar-refractivity contribution in [2.24, 2.45) is 0 Å². The minimum Gasteiger partial charge on any atom is -0.232 e. The molecular weight excluding hydrogens is 347 g/mol. The summed E-state index contributed by atoms with van der Waals surface area (Å²) in [6.45, 7) is 0. The molecule has 0 nitrogen and oxygen atoms in total. The van der Waals surface area contributed by atoms with Gasteiger partial charge in [-0.3, -0.25) is 0 Å². The van der Waals surface area contributed by atoms with Gasteiger partial charge in [0.2, 0.25) is 6.17 Å². The van der Waals surface area contributed by atoms with Crippen LogP contribution in [0.15, 0.2) is 9.52 Å². The highest BCUT2D eigenvalue weighted by Crippen LogP contribution is 2.50. The molecule has 17 heavy (non-hydrogen) atoms. The van der Waals surface area contributed by atoms with Gasteiger partial charge in [0, 0.05) is 0 Å². The summed E-state index contributed by atoms with van der Waals surface area (Å²) in [5.41, 5.74) is 0. The monoisotopic (exact) mass is 346 g/mol. The Hall–Kier alpha value is 0.410. The Morgan fingerprint density at radius 2 is 1.24 bits per heavy atom. The van der Waals surface area contributed by atoms with E-state index in [9.17, 15) is 30.7 Å². The maximum absolute atomic E-state index is 12.9. The zero-order valence-corrected chi connectivity index (χ0v) is 10.3. The molecule has 0 heterocycles. The predicted molar refractivity (Wildman–Crippen MR) is 50.2 cm³/mol. The molecule has 0 aromatic rings. The average molecular weight is 348 g/mol. The van der Waals surface area contributed by atoms with Crippen LogP contribution < -0.4 is 0 Å². The largest absolute Gasteiger partial charge is 0.358 e. The number of hydrogen-bond donors (Lipinski definition) is 0. The van der Waals surface area contributed by atoms with Crippen LogP contribution in [0.5, 0.6) is 0 Å². The van der Waals surface area contributed by atoms with Crippen molar-refractivity contribution in [1.29, 1.82) is 0 Å². The molecule has 0 fully saturated rings. The first kappa shape index (κ1) is 17.4. The molecule has 1 atom stereocenters. The Balaban J connectivity index is 5.54. The first-order valence-corrected chi connectivity index (χ1v) is 4.95. The molecule has 11 heteroatoms. The van der Waals surface area contributed by atoms with Gasteiger partial charge in [0.1, 0.15) is 9.52 Å². The summed E-state index contributed by atoms with van der Waals surface area (Å²) < 4.78 is 86.5. The van der Waals surface area contributed by atoms with Gasteiger partial charge in [-0.25, -0.2) is 4.39 Å². The fraction of sp³-hybridized carbons (Fsp3) is 0.667. The fourth-order valence-corrected chi connectivity index (χ4v) is 1.13. The minimum atomic E-state index is -5.90. The minimum absolute atomic E-state index is 1.51. The zero-order valence-electron chi connectivity index (χ0n) is 7.23. The second-order valence-electron chi connectivity index (χ2n) is 2.68. The average Bonchev–Trinajstić information content (AvgIpc) is 2.13. The van der Waals surface area contributed by atoms with Gasteiger partial charge in [-0.15, -0.1) is 0 Å². The van der Waals surface area contributed by atoms with Gasteiger partial charge < -0.3 is 0 Å². The smallest absolute Gasteiger partial charge is 0.232 e. The van der Waals surface area contributed by atoms with Crippen LogP contribution >= 0.6 is 46.4 Å². The molecule has 0 aromatic heterocycles. The summed E-state index contributed by atoms with van der Waals surface area (Å²) in [6.07, 6.45) is -4.69. The maximum atomic E-state index is 12.9. The van der Waals surface area contributed by atoms with Gasteiger partial charge in [-0.1, -0.05) is 34.8 Å². The molecule has 0 rings (SSSR count). The highest BCUT2D eigenvalue weighted by Gasteiger charge is 2.70. The van der Waals surface area contributed by atoms with E-state index >= 15 is 0 Å². The molecule has 0 amide bonds. The number of rotatable bonds is 4. The summed E-state index contributed by atoms with van der Waals surface area (Å²) in [5, 5.41) is -7.39. The molecular formula is C6HCl4F7. The first-order chi connectivity index (χ1) is 7.26. The summed E-state index contributed by atoms with van der Waals surface area (Å²) in [6, 6.07) is 0. The Morgan fingerprint density at radius 3 is 1.47 bits per heavy atom. The van der Waals surface area contributed by atoms with Crippen molar-refractivity contribution >= 4 is 46.4 Å². The lowest BCUT2D eigenvalue weighted by Crippen LogP contribution is -2.53. The molecule has 1 unspecified atom stereocenters. The normalized spacial score (nSPS) is 15.7.